The lowest BCUT2D eigenvalue weighted by molar-refractivity contribution is -0.148. The van der Waals surface area contributed by atoms with Gasteiger partial charge in [-0.2, -0.15) is 5.26 Å². The van der Waals surface area contributed by atoms with E-state index in [1.54, 1.807) is 54.6 Å². The molecular weight excluding hydrogens is 340 g/mol. The fourth-order valence-electron chi connectivity index (χ4n) is 1.90. The maximum atomic E-state index is 12.0. The molecule has 0 saturated heterocycles. The molecule has 0 heterocycles. The van der Waals surface area contributed by atoms with Crippen LogP contribution in [-0.2, 0) is 14.3 Å². The Morgan fingerprint density at radius 1 is 1.20 bits per heavy atom. The molecule has 1 amide bonds. The first-order chi connectivity index (χ1) is 12.0. The van der Waals surface area contributed by atoms with Gasteiger partial charge < -0.3 is 10.1 Å². The Kier molecular flexibility index (Phi) is 6.33. The number of amides is 1. The number of benzene rings is 2. The Balaban J connectivity index is 1.90. The zero-order valence-corrected chi connectivity index (χ0v) is 14.2. The van der Waals surface area contributed by atoms with Crippen LogP contribution in [0.15, 0.2) is 54.6 Å². The number of hydrogen-bond acceptors (Lipinski definition) is 4. The van der Waals surface area contributed by atoms with Crippen LogP contribution in [0.4, 0.5) is 5.69 Å². The molecule has 6 heteroatoms. The second-order valence-corrected chi connectivity index (χ2v) is 5.52. The predicted molar refractivity (Wildman–Crippen MR) is 95.8 cm³/mol. The van der Waals surface area contributed by atoms with Crippen LogP contribution in [0.3, 0.4) is 0 Å². The topological polar surface area (TPSA) is 79.2 Å². The van der Waals surface area contributed by atoms with E-state index in [1.807, 2.05) is 6.07 Å². The molecule has 0 aromatic heterocycles. The van der Waals surface area contributed by atoms with Gasteiger partial charge in [-0.05, 0) is 42.8 Å². The van der Waals surface area contributed by atoms with Crippen molar-refractivity contribution in [3.8, 4) is 6.07 Å². The van der Waals surface area contributed by atoms with Crippen LogP contribution in [0, 0.1) is 11.3 Å². The quantitative estimate of drug-likeness (QED) is 0.654. The van der Waals surface area contributed by atoms with Crippen LogP contribution < -0.4 is 5.32 Å². The van der Waals surface area contributed by atoms with Crippen molar-refractivity contribution in [1.82, 2.24) is 0 Å². The fraction of sp³-hybridized carbons (Fsp3) is 0.105. The van der Waals surface area contributed by atoms with Gasteiger partial charge in [0.1, 0.15) is 0 Å². The third-order valence-electron chi connectivity index (χ3n) is 3.25. The van der Waals surface area contributed by atoms with Crippen molar-refractivity contribution in [2.24, 2.45) is 0 Å². The van der Waals surface area contributed by atoms with Gasteiger partial charge in [0.15, 0.2) is 6.10 Å². The van der Waals surface area contributed by atoms with Gasteiger partial charge in [0.25, 0.3) is 5.91 Å². The van der Waals surface area contributed by atoms with Crippen molar-refractivity contribution in [1.29, 1.82) is 5.26 Å². The highest BCUT2D eigenvalue weighted by Crippen LogP contribution is 2.20. The minimum atomic E-state index is -0.977. The van der Waals surface area contributed by atoms with Gasteiger partial charge in [-0.1, -0.05) is 35.9 Å². The highest BCUT2D eigenvalue weighted by atomic mass is 35.5. The standard InChI is InChI=1S/C19H15ClN2O3/c1-13(19(24)22-17-5-3-2-4-16(17)20)25-18(23)11-10-14-6-8-15(12-21)9-7-14/h2-11,13H,1H3,(H,22,24)/b11-10+/t13-/m0/s1. The first-order valence-corrected chi connectivity index (χ1v) is 7.81. The minimum absolute atomic E-state index is 0.398. The van der Waals surface area contributed by atoms with Crippen LogP contribution in [0.1, 0.15) is 18.1 Å². The molecule has 0 radical (unpaired) electrons. The van der Waals surface area contributed by atoms with Crippen LogP contribution in [-0.4, -0.2) is 18.0 Å². The van der Waals surface area contributed by atoms with E-state index in [9.17, 15) is 9.59 Å². The maximum Gasteiger partial charge on any atom is 0.331 e. The van der Waals surface area contributed by atoms with Crippen molar-refractivity contribution in [3.63, 3.8) is 0 Å². The van der Waals surface area contributed by atoms with E-state index in [4.69, 9.17) is 21.6 Å². The van der Waals surface area contributed by atoms with Crippen LogP contribution >= 0.6 is 11.6 Å². The summed E-state index contributed by atoms with van der Waals surface area (Å²) in [5.74, 6) is -1.13. The van der Waals surface area contributed by atoms with Crippen molar-refractivity contribution in [2.45, 2.75) is 13.0 Å². The predicted octanol–water partition coefficient (Wildman–Crippen LogP) is 3.80. The third kappa shape index (κ3) is 5.48. The number of nitrogens with one attached hydrogen (secondary N) is 1. The van der Waals surface area contributed by atoms with Gasteiger partial charge in [0.2, 0.25) is 0 Å². The SMILES string of the molecule is C[C@H](OC(=O)/C=C/c1ccc(C#N)cc1)C(=O)Nc1ccccc1Cl. The lowest BCUT2D eigenvalue weighted by Gasteiger charge is -2.13. The summed E-state index contributed by atoms with van der Waals surface area (Å²) >= 11 is 5.96. The van der Waals surface area contributed by atoms with Gasteiger partial charge in [-0.3, -0.25) is 4.79 Å². The molecule has 0 aliphatic carbocycles. The molecule has 1 atom stereocenters. The number of nitrogens with zero attached hydrogens (tertiary/aromatic N) is 1. The fourth-order valence-corrected chi connectivity index (χ4v) is 2.08. The third-order valence-corrected chi connectivity index (χ3v) is 3.58. The molecule has 0 saturated carbocycles. The number of rotatable bonds is 5. The molecular formula is C19H15ClN2O3. The highest BCUT2D eigenvalue weighted by molar-refractivity contribution is 6.33. The van der Waals surface area contributed by atoms with Gasteiger partial charge in [-0.25, -0.2) is 4.79 Å². The number of anilines is 1. The normalized spacial score (nSPS) is 11.6. The van der Waals surface area contributed by atoms with E-state index < -0.39 is 18.0 Å². The summed E-state index contributed by atoms with van der Waals surface area (Å²) in [4.78, 5) is 23.8. The summed E-state index contributed by atoms with van der Waals surface area (Å²) in [5, 5.41) is 11.7. The Hall–Kier alpha value is -3.10. The zero-order valence-electron chi connectivity index (χ0n) is 13.4. The Morgan fingerprint density at radius 3 is 2.52 bits per heavy atom. The van der Waals surface area contributed by atoms with Crippen molar-refractivity contribution >= 4 is 35.2 Å². The molecule has 0 spiro atoms. The van der Waals surface area contributed by atoms with E-state index >= 15 is 0 Å². The molecule has 5 nitrogen and oxygen atoms in total. The molecule has 1 N–H and O–H groups in total. The number of halogens is 1. The smallest absolute Gasteiger partial charge is 0.331 e. The van der Waals surface area contributed by atoms with Gasteiger partial charge >= 0.3 is 5.97 Å². The van der Waals surface area contributed by atoms with E-state index in [-0.39, 0.29) is 0 Å². The number of esters is 1. The lowest BCUT2D eigenvalue weighted by Crippen LogP contribution is -2.29. The molecule has 0 aliphatic heterocycles. The number of carbonyl (C=O) groups is 2. The molecule has 126 valence electrons. The number of carbonyl (C=O) groups excluding carboxylic acids is 2. The Labute approximate surface area is 150 Å². The molecule has 0 fully saturated rings. The van der Waals surface area contributed by atoms with Gasteiger partial charge in [0.05, 0.1) is 22.3 Å². The largest absolute Gasteiger partial charge is 0.449 e. The highest BCUT2D eigenvalue weighted by Gasteiger charge is 2.17. The van der Waals surface area contributed by atoms with E-state index in [0.29, 0.717) is 16.3 Å². The molecule has 2 aromatic carbocycles. The number of ether oxygens (including phenoxy) is 1. The van der Waals surface area contributed by atoms with Crippen LogP contribution in [0.2, 0.25) is 5.02 Å². The molecule has 25 heavy (non-hydrogen) atoms. The number of hydrogen-bond donors (Lipinski definition) is 1. The summed E-state index contributed by atoms with van der Waals surface area (Å²) in [6.45, 7) is 1.47. The van der Waals surface area contributed by atoms with Crippen molar-refractivity contribution in [2.75, 3.05) is 5.32 Å². The molecule has 0 bridgehead atoms. The average molecular weight is 355 g/mol. The second kappa shape index (κ2) is 8.67. The average Bonchev–Trinajstić information content (AvgIpc) is 2.62. The Bertz CT molecular complexity index is 838. The molecule has 0 aliphatic rings. The summed E-state index contributed by atoms with van der Waals surface area (Å²) < 4.78 is 5.06. The van der Waals surface area contributed by atoms with Crippen molar-refractivity contribution in [3.05, 3.63) is 70.8 Å². The Morgan fingerprint density at radius 2 is 1.88 bits per heavy atom. The lowest BCUT2D eigenvalue weighted by atomic mass is 10.1. The van der Waals surface area contributed by atoms with Crippen LogP contribution in [0.25, 0.3) is 6.08 Å². The van der Waals surface area contributed by atoms with E-state index in [2.05, 4.69) is 5.32 Å². The monoisotopic (exact) mass is 354 g/mol. The van der Waals surface area contributed by atoms with Gasteiger partial charge in [0, 0.05) is 6.08 Å². The molecule has 2 rings (SSSR count). The maximum absolute atomic E-state index is 12.0. The summed E-state index contributed by atoms with van der Waals surface area (Å²) in [6.07, 6.45) is 1.79. The van der Waals surface area contributed by atoms with E-state index in [0.717, 1.165) is 5.56 Å². The molecule has 2 aromatic rings. The number of nitriles is 1. The summed E-state index contributed by atoms with van der Waals surface area (Å²) in [5.41, 5.74) is 1.72. The summed E-state index contributed by atoms with van der Waals surface area (Å²) in [6, 6.07) is 15.5. The van der Waals surface area contributed by atoms with Gasteiger partial charge in [-0.15, -0.1) is 0 Å². The summed E-state index contributed by atoms with van der Waals surface area (Å²) in [7, 11) is 0. The van der Waals surface area contributed by atoms with Crippen LogP contribution in [0.5, 0.6) is 0 Å². The first-order valence-electron chi connectivity index (χ1n) is 7.44. The minimum Gasteiger partial charge on any atom is -0.449 e. The second-order valence-electron chi connectivity index (χ2n) is 5.12. The van der Waals surface area contributed by atoms with E-state index in [1.165, 1.54) is 13.0 Å². The first kappa shape index (κ1) is 18.2. The number of para-hydroxylation sites is 1. The zero-order chi connectivity index (χ0) is 18.2. The van der Waals surface area contributed by atoms with Crippen molar-refractivity contribution < 1.29 is 14.3 Å². The molecule has 0 unspecified atom stereocenters.